The van der Waals surface area contributed by atoms with Crippen molar-refractivity contribution < 1.29 is 97.2 Å². The molecule has 694 valence electrons. The molecule has 123 heavy (non-hydrogen) atoms. The molecule has 2 saturated carbocycles. The van der Waals surface area contributed by atoms with Gasteiger partial charge >= 0.3 is 38.4 Å². The van der Waals surface area contributed by atoms with Crippen LogP contribution in [0.2, 0.25) is 12.6 Å². The summed E-state index contributed by atoms with van der Waals surface area (Å²) >= 11 is 11.4. The molecule has 0 radical (unpaired) electrons. The number of benzene rings is 4. The van der Waals surface area contributed by atoms with Gasteiger partial charge < -0.3 is 64.5 Å². The Morgan fingerprint density at radius 3 is 1.11 bits per heavy atom. The van der Waals surface area contributed by atoms with Gasteiger partial charge in [0.1, 0.15) is 46.0 Å². The predicted octanol–water partition coefficient (Wildman–Crippen LogP) is 21.4. The highest BCUT2D eigenvalue weighted by Crippen LogP contribution is 2.41. The third-order valence-corrected chi connectivity index (χ3v) is 23.5. The van der Waals surface area contributed by atoms with E-state index in [1.165, 1.54) is 69.2 Å². The van der Waals surface area contributed by atoms with Crippen LogP contribution in [0.15, 0.2) is 63.5 Å². The summed E-state index contributed by atoms with van der Waals surface area (Å²) in [5.74, 6) is -2.14. The highest BCUT2D eigenvalue weighted by atomic mass is 35.5. The number of phenolic OH excluding ortho intramolecular Hbond substituents is 5. The molecular formula is C94H150Cl2N6O20Si. The molecule has 2 aliphatic rings. The highest BCUT2D eigenvalue weighted by Gasteiger charge is 2.31. The Hall–Kier alpha value is -8.11. The maximum absolute atomic E-state index is 12.7. The standard InChI is InChI=1S/C33H57ClN2O5Si.C29H36O8.C11H14O3.C7H14N2.C7H12O4.C6H13ClN2.CH4/c1-7-39-42(6,40-8-2)22-18-14-12-10-9-11-13-15-21-31(37)41-27-23-26(32(38)28(24-27)33(3,4)5)25-35-29-19-16-17-20-30(29)36-34;1-28(2,3)22-14-20(12-18(16-30)26(22)34)36-24(32)10-8-7-9-11-25(33)37-21-13-19(17-31)27(35)23(15-21)29(4,5)6;1-11(2,3)9-5-8(13)4-7(6-12)10(9)14;1-6(2)8-5-9-7(3)4;8-6(9)4-2-1-3-5-7(10)11;7-9-6-4-2-1-3-5(6)8;/h23-25,29-30,36,38H,7-22H2,1-6H3;12-17,34-35H,7-11H2,1-6H3;4-6,13-14H,1-3H3;6-7H,1-4H3;1-5H2,(H,8,9)(H,10,11);5-6,9H,1-4,8H2;1H4/t29-,30-;;;;;5-,6-;/m1....1./s1. The molecule has 2 fully saturated rings. The van der Waals surface area contributed by atoms with Crippen molar-refractivity contribution >= 4 is 93.0 Å². The highest BCUT2D eigenvalue weighted by molar-refractivity contribution is 6.66. The number of rotatable bonds is 39. The van der Waals surface area contributed by atoms with Crippen molar-refractivity contribution in [3.05, 3.63) is 93.0 Å². The normalized spacial score (nSPS) is 15.2. The number of aromatic hydroxyl groups is 5. The van der Waals surface area contributed by atoms with Crippen molar-refractivity contribution in [2.45, 2.75) is 376 Å². The molecule has 4 aromatic rings. The minimum absolute atomic E-state index is 0. The summed E-state index contributed by atoms with van der Waals surface area (Å²) in [7, 11) is -1.98. The third kappa shape index (κ3) is 47.7. The molecule has 2 aliphatic carbocycles. The zero-order valence-corrected chi connectivity index (χ0v) is 78.7. The van der Waals surface area contributed by atoms with Gasteiger partial charge in [0.2, 0.25) is 0 Å². The lowest BCUT2D eigenvalue weighted by molar-refractivity contribution is -0.137. The van der Waals surface area contributed by atoms with Crippen LogP contribution < -0.4 is 29.6 Å². The number of nitrogens with two attached hydrogens (primary N) is 1. The molecule has 29 heteroatoms. The van der Waals surface area contributed by atoms with Gasteiger partial charge in [-0.3, -0.25) is 43.3 Å². The molecule has 0 unspecified atom stereocenters. The van der Waals surface area contributed by atoms with Crippen LogP contribution in [0.4, 0.5) is 0 Å². The fourth-order valence-corrected chi connectivity index (χ4v) is 16.1. The van der Waals surface area contributed by atoms with E-state index in [1.54, 1.807) is 30.5 Å². The van der Waals surface area contributed by atoms with Crippen molar-refractivity contribution in [1.82, 2.24) is 9.67 Å². The number of phenols is 5. The lowest BCUT2D eigenvalue weighted by Gasteiger charge is -2.27. The van der Waals surface area contributed by atoms with Crippen LogP contribution in [0.1, 0.15) is 364 Å². The number of carboxylic acids is 2. The molecule has 0 heterocycles. The van der Waals surface area contributed by atoms with Gasteiger partial charge in [-0.2, -0.15) is 0 Å². The second kappa shape index (κ2) is 59.7. The maximum Gasteiger partial charge on any atom is 0.334 e. The van der Waals surface area contributed by atoms with Crippen LogP contribution in [0.3, 0.4) is 0 Å². The maximum atomic E-state index is 12.7. The monoisotopic (exact) mass is 1780 g/mol. The fraction of sp³-hybridized carbons (Fsp3) is 0.638. The minimum atomic E-state index is -1.98. The van der Waals surface area contributed by atoms with E-state index in [0.717, 1.165) is 82.6 Å². The Labute approximate surface area is 744 Å². The lowest BCUT2D eigenvalue weighted by Crippen LogP contribution is -2.43. The van der Waals surface area contributed by atoms with Gasteiger partial charge in [-0.1, -0.05) is 174 Å². The second-order valence-corrected chi connectivity index (χ2v) is 39.5. The number of aliphatic carboxylic acids is 2. The van der Waals surface area contributed by atoms with Gasteiger partial charge in [-0.05, 0) is 206 Å². The Bertz CT molecular complexity index is 3830. The number of nitrogens with zero attached hydrogens (tertiary/aromatic N) is 3. The van der Waals surface area contributed by atoms with Gasteiger partial charge in [0.15, 0.2) is 18.9 Å². The van der Waals surface area contributed by atoms with E-state index < -0.39 is 43.3 Å². The van der Waals surface area contributed by atoms with Gasteiger partial charge in [0.05, 0.1) is 40.8 Å². The number of carboxylic acid groups (broad SMARTS) is 2. The molecule has 0 aromatic heterocycles. The average Bonchev–Trinajstić information content (AvgIpc) is 0.810. The van der Waals surface area contributed by atoms with E-state index in [0.29, 0.717) is 110 Å². The first-order chi connectivity index (χ1) is 57.1. The van der Waals surface area contributed by atoms with E-state index in [9.17, 15) is 63.9 Å². The van der Waals surface area contributed by atoms with Crippen LogP contribution in [0.25, 0.3) is 0 Å². The molecule has 0 saturated heterocycles. The van der Waals surface area contributed by atoms with Crippen molar-refractivity contribution in [1.29, 1.82) is 0 Å². The summed E-state index contributed by atoms with van der Waals surface area (Å²) < 4.78 is 28.4. The van der Waals surface area contributed by atoms with Crippen LogP contribution in [-0.4, -0.2) is 155 Å². The van der Waals surface area contributed by atoms with E-state index >= 15 is 0 Å². The number of carbonyl (C=O) groups is 8. The van der Waals surface area contributed by atoms with Crippen LogP contribution in [-0.2, 0) is 54.5 Å². The van der Waals surface area contributed by atoms with E-state index in [1.807, 2.05) is 125 Å². The molecule has 26 nitrogen and oxygen atoms in total. The number of aldehydes is 3. The van der Waals surface area contributed by atoms with E-state index in [2.05, 4.69) is 32.2 Å². The first kappa shape index (κ1) is 115. The van der Waals surface area contributed by atoms with Gasteiger partial charge in [-0.15, -0.1) is 0 Å². The summed E-state index contributed by atoms with van der Waals surface area (Å²) in [4.78, 5) is 109. The second-order valence-electron chi connectivity index (χ2n) is 35.7. The number of hydrogen-bond acceptors (Lipinski definition) is 24. The molecule has 0 aliphatic heterocycles. The Balaban J connectivity index is 0.00000163. The summed E-state index contributed by atoms with van der Waals surface area (Å²) in [5.41, 5.74) is 7.29. The Morgan fingerprint density at radius 2 is 0.780 bits per heavy atom. The Kier molecular flexibility index (Phi) is 55.8. The number of nitrogens with one attached hydrogen (secondary N) is 2. The number of carbonyl (C=O) groups excluding carboxylic acids is 6. The quantitative estimate of drug-likeness (QED) is 0.00290. The van der Waals surface area contributed by atoms with Crippen molar-refractivity contribution in [2.24, 2.45) is 20.7 Å². The molecule has 11 N–H and O–H groups in total. The number of unbranched alkanes of at least 4 members (excludes halogenated alkanes) is 11. The minimum Gasteiger partial charge on any atom is -0.508 e. The lowest BCUT2D eigenvalue weighted by atomic mass is 9.85. The number of halogens is 2. The smallest absolute Gasteiger partial charge is 0.334 e. The van der Waals surface area contributed by atoms with Crippen LogP contribution >= 0.6 is 23.6 Å². The summed E-state index contributed by atoms with van der Waals surface area (Å²) in [6.45, 7) is 38.8. The number of hydrogen-bond donors (Lipinski definition) is 10. The molecule has 6 rings (SSSR count). The van der Waals surface area contributed by atoms with Crippen molar-refractivity contribution in [3.8, 4) is 46.0 Å². The molecule has 0 spiro atoms. The zero-order chi connectivity index (χ0) is 92.6. The summed E-state index contributed by atoms with van der Waals surface area (Å²) in [6, 6.07) is 17.1. The molecule has 4 aromatic carbocycles. The largest absolute Gasteiger partial charge is 0.508 e. The van der Waals surface area contributed by atoms with Crippen LogP contribution in [0.5, 0.6) is 46.0 Å². The van der Waals surface area contributed by atoms with Gasteiger partial charge in [-0.25, -0.2) is 19.7 Å². The van der Waals surface area contributed by atoms with Crippen molar-refractivity contribution in [3.63, 3.8) is 0 Å². The number of ether oxygens (including phenoxy) is 3. The molecule has 0 amide bonds. The zero-order valence-electron chi connectivity index (χ0n) is 76.2. The van der Waals surface area contributed by atoms with E-state index in [4.69, 9.17) is 67.6 Å². The predicted molar refractivity (Wildman–Crippen MR) is 493 cm³/mol. The SMILES string of the molecule is C.CC(C)(C)c1cc(O)cc(C=O)c1O.CC(C)(C)c1cc(OC(=O)CCCCCC(=O)Oc2cc(C=O)c(O)c(C(C)(C)C)c2)cc(C=O)c1O.CC(C)N=C=NC(C)C.CCO[Si](C)(CCCCCCCCCCC(=O)Oc1cc(C=N[C@@H]2CCCC[C@H]2NCl)c(O)c(C(C)(C)C)c1)OCC.N[C@@H]1CCCC[C@H]1NCl.O=C(O)CCCCCC(=O)O. The topological polar surface area (TPSA) is 411 Å². The third-order valence-electron chi connectivity index (χ3n) is 19.8. The first-order valence-electron chi connectivity index (χ1n) is 43.2. The van der Waals surface area contributed by atoms with E-state index in [-0.39, 0.29) is 125 Å². The molecule has 4 atom stereocenters. The molecular weight excluding hydrogens is 1630 g/mol. The summed E-state index contributed by atoms with van der Waals surface area (Å²) in [5, 5.41) is 67.0. The average molecular weight is 1780 g/mol. The van der Waals surface area contributed by atoms with Gasteiger partial charge in [0, 0.05) is 97.5 Å². The fourth-order valence-electron chi connectivity index (χ4n) is 13.1. The number of aliphatic imine (C=N–C) groups is 3. The van der Waals surface area contributed by atoms with Crippen LogP contribution in [0, 0.1) is 0 Å². The van der Waals surface area contributed by atoms with Crippen molar-refractivity contribution in [2.75, 3.05) is 13.2 Å². The number of esters is 3. The Morgan fingerprint density at radius 1 is 0.472 bits per heavy atom. The summed E-state index contributed by atoms with van der Waals surface area (Å²) in [6.07, 6.45) is 25.5. The van der Waals surface area contributed by atoms with Gasteiger partial charge in [0.25, 0.3) is 0 Å². The molecule has 0 bridgehead atoms. The first-order valence-corrected chi connectivity index (χ1v) is 46.5.